The van der Waals surface area contributed by atoms with Crippen molar-refractivity contribution in [2.75, 3.05) is 5.32 Å². The van der Waals surface area contributed by atoms with Crippen molar-refractivity contribution in [2.45, 2.75) is 6.18 Å². The lowest BCUT2D eigenvalue weighted by Gasteiger charge is -2.16. The third kappa shape index (κ3) is 5.23. The summed E-state index contributed by atoms with van der Waals surface area (Å²) in [6, 6.07) is 22.7. The molecule has 3 nitrogen and oxygen atoms in total. The van der Waals surface area contributed by atoms with E-state index in [4.69, 9.17) is 12.2 Å². The average Bonchev–Trinajstić information content (AvgIpc) is 2.79. The summed E-state index contributed by atoms with van der Waals surface area (Å²) in [6.45, 7) is 0. The summed E-state index contributed by atoms with van der Waals surface area (Å²) in [5.74, 6) is -0.144. The van der Waals surface area contributed by atoms with Crippen LogP contribution in [0.3, 0.4) is 0 Å². The zero-order valence-electron chi connectivity index (χ0n) is 16.9. The molecule has 0 radical (unpaired) electrons. The average molecular weight is 529 g/mol. The minimum absolute atomic E-state index is 0.0394. The Bertz CT molecular complexity index is 1370. The highest BCUT2D eigenvalue weighted by Gasteiger charge is 2.30. The maximum atomic E-state index is 13.1. The molecule has 0 aliphatic heterocycles. The van der Waals surface area contributed by atoms with Crippen molar-refractivity contribution >= 4 is 61.1 Å². The van der Waals surface area contributed by atoms with Crippen LogP contribution in [0.4, 0.5) is 18.9 Å². The van der Waals surface area contributed by atoms with Crippen molar-refractivity contribution in [1.29, 1.82) is 0 Å². The molecular formula is C25H16BrF3N2OS. The molecule has 1 aromatic heterocycles. The van der Waals surface area contributed by atoms with Gasteiger partial charge in [0.05, 0.1) is 22.3 Å². The first kappa shape index (κ1) is 22.9. The number of rotatable bonds is 4. The van der Waals surface area contributed by atoms with Gasteiger partial charge in [-0.3, -0.25) is 0 Å². The topological polar surface area (TPSA) is 45.1 Å². The summed E-state index contributed by atoms with van der Waals surface area (Å²) in [5.41, 5.74) is 1.11. The van der Waals surface area contributed by atoms with Crippen LogP contribution in [-0.4, -0.2) is 15.1 Å². The maximum absolute atomic E-state index is 13.1. The second-order valence-corrected chi connectivity index (χ2v) is 8.48. The molecule has 1 heterocycles. The van der Waals surface area contributed by atoms with Crippen LogP contribution in [-0.2, 0) is 6.18 Å². The van der Waals surface area contributed by atoms with E-state index in [1.54, 1.807) is 30.3 Å². The molecule has 0 aliphatic rings. The lowest BCUT2D eigenvalue weighted by molar-refractivity contribution is -0.137. The number of benzene rings is 3. The van der Waals surface area contributed by atoms with E-state index in [2.05, 4.69) is 26.2 Å². The zero-order valence-corrected chi connectivity index (χ0v) is 19.3. The van der Waals surface area contributed by atoms with Gasteiger partial charge in [0.2, 0.25) is 0 Å². The van der Waals surface area contributed by atoms with Crippen molar-refractivity contribution in [1.82, 2.24) is 4.98 Å². The van der Waals surface area contributed by atoms with Crippen LogP contribution in [0, 0.1) is 0 Å². The number of thiocarbonyl (C=S) groups is 1. The number of halogens is 4. The minimum atomic E-state index is -4.49. The minimum Gasteiger partial charge on any atom is -0.507 e. The number of anilines is 1. The number of hydrogen-bond donors (Lipinski definition) is 2. The number of nitrogens with zero attached hydrogens (tertiary/aromatic N) is 1. The standard InChI is InChI=1S/C25H16BrF3N2OS/c26-18-11-8-16(9-12-18)23(32)22(21-13-10-15-4-1-2-7-20(15)31-21)24(33)30-19-6-3-5-17(14-19)25(27,28)29/h1-14,32H,(H,30,33)/b23-22-. The van der Waals surface area contributed by atoms with Crippen molar-refractivity contribution in [3.8, 4) is 0 Å². The molecule has 0 aliphatic carbocycles. The van der Waals surface area contributed by atoms with Crippen LogP contribution in [0.25, 0.3) is 22.2 Å². The Morgan fingerprint density at radius 1 is 0.909 bits per heavy atom. The molecule has 0 bridgehead atoms. The number of nitrogens with one attached hydrogen (secondary N) is 1. The van der Waals surface area contributed by atoms with E-state index in [0.29, 0.717) is 16.8 Å². The number of para-hydroxylation sites is 1. The van der Waals surface area contributed by atoms with Crippen molar-refractivity contribution < 1.29 is 18.3 Å². The van der Waals surface area contributed by atoms with E-state index in [1.165, 1.54) is 12.1 Å². The van der Waals surface area contributed by atoms with Gasteiger partial charge in [-0.05, 0) is 42.5 Å². The van der Waals surface area contributed by atoms with Crippen LogP contribution in [0.2, 0.25) is 0 Å². The Morgan fingerprint density at radius 2 is 1.64 bits per heavy atom. The Kier molecular flexibility index (Phi) is 6.49. The summed E-state index contributed by atoms with van der Waals surface area (Å²) >= 11 is 8.90. The van der Waals surface area contributed by atoms with Crippen molar-refractivity contribution in [2.24, 2.45) is 0 Å². The van der Waals surface area contributed by atoms with Crippen molar-refractivity contribution in [3.05, 3.63) is 106 Å². The number of hydrogen-bond acceptors (Lipinski definition) is 3. The monoisotopic (exact) mass is 528 g/mol. The largest absolute Gasteiger partial charge is 0.507 e. The predicted octanol–water partition coefficient (Wildman–Crippen LogP) is 7.88. The van der Waals surface area contributed by atoms with Gasteiger partial charge in [0.15, 0.2) is 0 Å². The van der Waals surface area contributed by atoms with Crippen LogP contribution < -0.4 is 5.32 Å². The SMILES string of the molecule is O/C(=C(\C(=S)Nc1cccc(C(F)(F)F)c1)c1ccc2ccccc2n1)c1ccc(Br)cc1. The van der Waals surface area contributed by atoms with Gasteiger partial charge in [0.1, 0.15) is 10.7 Å². The molecule has 0 atom stereocenters. The molecule has 0 unspecified atom stereocenters. The van der Waals surface area contributed by atoms with Gasteiger partial charge < -0.3 is 10.4 Å². The quantitative estimate of drug-likeness (QED) is 0.160. The number of fused-ring (bicyclic) bond motifs is 1. The first-order valence-electron chi connectivity index (χ1n) is 9.76. The fourth-order valence-electron chi connectivity index (χ4n) is 3.27. The molecule has 0 saturated heterocycles. The molecule has 33 heavy (non-hydrogen) atoms. The highest BCUT2D eigenvalue weighted by Crippen LogP contribution is 2.32. The fraction of sp³-hybridized carbons (Fsp3) is 0.0400. The fourth-order valence-corrected chi connectivity index (χ4v) is 3.85. The normalized spacial score (nSPS) is 12.4. The zero-order chi connectivity index (χ0) is 23.6. The highest BCUT2D eigenvalue weighted by atomic mass is 79.9. The lowest BCUT2D eigenvalue weighted by atomic mass is 10.0. The molecule has 0 saturated carbocycles. The van der Waals surface area contributed by atoms with Crippen LogP contribution in [0.1, 0.15) is 16.8 Å². The van der Waals surface area contributed by atoms with Gasteiger partial charge in [0, 0.05) is 21.1 Å². The Labute approximate surface area is 201 Å². The Balaban J connectivity index is 1.81. The van der Waals surface area contributed by atoms with Crippen molar-refractivity contribution in [3.63, 3.8) is 0 Å². The van der Waals surface area contributed by atoms with E-state index >= 15 is 0 Å². The van der Waals surface area contributed by atoms with Crippen LogP contribution >= 0.6 is 28.1 Å². The number of aliphatic hydroxyl groups excluding tert-OH is 1. The molecule has 2 N–H and O–H groups in total. The van der Waals surface area contributed by atoms with E-state index < -0.39 is 11.7 Å². The van der Waals surface area contributed by atoms with Gasteiger partial charge >= 0.3 is 6.18 Å². The van der Waals surface area contributed by atoms with E-state index in [-0.39, 0.29) is 22.0 Å². The second kappa shape index (κ2) is 9.33. The highest BCUT2D eigenvalue weighted by molar-refractivity contribution is 9.10. The molecule has 8 heteroatoms. The summed E-state index contributed by atoms with van der Waals surface area (Å²) in [7, 11) is 0. The first-order chi connectivity index (χ1) is 15.7. The number of alkyl halides is 3. The van der Waals surface area contributed by atoms with Gasteiger partial charge in [-0.25, -0.2) is 4.98 Å². The number of aromatic nitrogens is 1. The Hall–Kier alpha value is -3.23. The summed E-state index contributed by atoms with van der Waals surface area (Å²) in [6.07, 6.45) is -4.49. The van der Waals surface area contributed by atoms with Gasteiger partial charge in [0.25, 0.3) is 0 Å². The van der Waals surface area contributed by atoms with E-state index in [1.807, 2.05) is 30.3 Å². The molecule has 0 amide bonds. The number of pyridine rings is 1. The Morgan fingerprint density at radius 3 is 2.36 bits per heavy atom. The summed E-state index contributed by atoms with van der Waals surface area (Å²) in [4.78, 5) is 4.66. The molecule has 166 valence electrons. The molecular weight excluding hydrogens is 513 g/mol. The van der Waals surface area contributed by atoms with Crippen LogP contribution in [0.15, 0.2) is 89.4 Å². The second-order valence-electron chi connectivity index (χ2n) is 7.15. The molecule has 4 aromatic rings. The third-order valence-corrected chi connectivity index (χ3v) is 5.72. The van der Waals surface area contributed by atoms with Crippen LogP contribution in [0.5, 0.6) is 0 Å². The lowest BCUT2D eigenvalue weighted by Crippen LogP contribution is -2.15. The first-order valence-corrected chi connectivity index (χ1v) is 11.0. The summed E-state index contributed by atoms with van der Waals surface area (Å²) < 4.78 is 40.2. The smallest absolute Gasteiger partial charge is 0.416 e. The predicted molar refractivity (Wildman–Crippen MR) is 133 cm³/mol. The maximum Gasteiger partial charge on any atom is 0.416 e. The van der Waals surface area contributed by atoms with E-state index in [9.17, 15) is 18.3 Å². The molecule has 0 fully saturated rings. The van der Waals surface area contributed by atoms with E-state index in [0.717, 1.165) is 22.0 Å². The van der Waals surface area contributed by atoms with Gasteiger partial charge in [-0.2, -0.15) is 13.2 Å². The third-order valence-electron chi connectivity index (χ3n) is 4.88. The molecule has 0 spiro atoms. The van der Waals surface area contributed by atoms with Gasteiger partial charge in [-0.15, -0.1) is 0 Å². The number of aliphatic hydroxyl groups is 1. The van der Waals surface area contributed by atoms with Gasteiger partial charge in [-0.1, -0.05) is 70.6 Å². The summed E-state index contributed by atoms with van der Waals surface area (Å²) in [5, 5.41) is 14.9. The molecule has 4 rings (SSSR count). The molecule has 3 aromatic carbocycles.